The number of hydrogen-bond acceptors (Lipinski definition) is 7. The highest BCUT2D eigenvalue weighted by molar-refractivity contribution is 7.88. The van der Waals surface area contributed by atoms with Crippen LogP contribution in [0.3, 0.4) is 0 Å². The maximum Gasteiger partial charge on any atom is 0.215 e. The van der Waals surface area contributed by atoms with Gasteiger partial charge in [-0.1, -0.05) is 18.2 Å². The minimum absolute atomic E-state index is 0.130. The average molecular weight is 416 g/mol. The van der Waals surface area contributed by atoms with Crippen LogP contribution in [0, 0.1) is 12.7 Å². The summed E-state index contributed by atoms with van der Waals surface area (Å²) in [6, 6.07) is 13.0. The largest absolute Gasteiger partial charge is 0.367 e. The van der Waals surface area contributed by atoms with Crippen molar-refractivity contribution in [3.8, 4) is 0 Å². The number of halogens is 1. The predicted octanol–water partition coefficient (Wildman–Crippen LogP) is 2.59. The molecular formula is C19H21FN6O2S. The monoisotopic (exact) mass is 416 g/mol. The molecule has 0 aliphatic carbocycles. The van der Waals surface area contributed by atoms with Gasteiger partial charge in [0.25, 0.3) is 0 Å². The standard InChI is InChI=1S/C19H21FN6O2S/c1-14-8-9-21-19(12-14)24-18-7-6-17(25-26-18)22-10-11-23-29(27,28)13-15-4-2-3-5-16(15)20/h2-9,12,23H,10-11,13H2,1H3,(H,22,25)(H,21,24,26). The molecule has 0 bridgehead atoms. The zero-order valence-corrected chi connectivity index (χ0v) is 16.6. The zero-order valence-electron chi connectivity index (χ0n) is 15.8. The second kappa shape index (κ2) is 9.39. The second-order valence-corrected chi connectivity index (χ2v) is 8.13. The number of rotatable bonds is 9. The average Bonchev–Trinajstić information content (AvgIpc) is 2.68. The van der Waals surface area contributed by atoms with Gasteiger partial charge in [0.15, 0.2) is 5.82 Å². The summed E-state index contributed by atoms with van der Waals surface area (Å²) in [6.07, 6.45) is 1.70. The Morgan fingerprint density at radius 3 is 2.45 bits per heavy atom. The van der Waals surface area contributed by atoms with Crippen LogP contribution >= 0.6 is 0 Å². The molecule has 0 atom stereocenters. The lowest BCUT2D eigenvalue weighted by molar-refractivity contribution is 0.575. The number of nitrogens with zero attached hydrogens (tertiary/aromatic N) is 3. The van der Waals surface area contributed by atoms with Crippen molar-refractivity contribution in [1.29, 1.82) is 0 Å². The number of anilines is 3. The van der Waals surface area contributed by atoms with Crippen molar-refractivity contribution in [3.05, 3.63) is 71.7 Å². The van der Waals surface area contributed by atoms with Crippen LogP contribution in [0.5, 0.6) is 0 Å². The molecule has 0 aliphatic heterocycles. The van der Waals surface area contributed by atoms with Crippen molar-refractivity contribution in [3.63, 3.8) is 0 Å². The smallest absolute Gasteiger partial charge is 0.215 e. The van der Waals surface area contributed by atoms with E-state index in [4.69, 9.17) is 0 Å². The van der Waals surface area contributed by atoms with Gasteiger partial charge in [0.1, 0.15) is 17.5 Å². The van der Waals surface area contributed by atoms with Gasteiger partial charge in [0, 0.05) is 24.8 Å². The minimum atomic E-state index is -3.64. The molecule has 2 heterocycles. The van der Waals surface area contributed by atoms with Crippen molar-refractivity contribution in [2.75, 3.05) is 23.7 Å². The molecule has 29 heavy (non-hydrogen) atoms. The molecule has 0 spiro atoms. The zero-order chi connectivity index (χ0) is 20.7. The molecule has 2 aromatic heterocycles. The van der Waals surface area contributed by atoms with Crippen LogP contribution in [-0.2, 0) is 15.8 Å². The summed E-state index contributed by atoms with van der Waals surface area (Å²) < 4.78 is 40.1. The molecule has 1 aromatic carbocycles. The Bertz CT molecular complexity index is 1060. The first-order chi connectivity index (χ1) is 13.9. The van der Waals surface area contributed by atoms with Crippen LogP contribution in [0.2, 0.25) is 0 Å². The molecule has 0 fully saturated rings. The summed E-state index contributed by atoms with van der Waals surface area (Å²) in [5, 5.41) is 14.1. The summed E-state index contributed by atoms with van der Waals surface area (Å²) >= 11 is 0. The third-order valence-corrected chi connectivity index (χ3v) is 5.23. The summed E-state index contributed by atoms with van der Waals surface area (Å²) in [5.74, 6) is 0.762. The first-order valence-electron chi connectivity index (χ1n) is 8.89. The topological polar surface area (TPSA) is 109 Å². The second-order valence-electron chi connectivity index (χ2n) is 6.32. The van der Waals surface area contributed by atoms with Crippen LogP contribution in [-0.4, -0.2) is 36.7 Å². The van der Waals surface area contributed by atoms with E-state index in [0.29, 0.717) is 24.0 Å². The fourth-order valence-electron chi connectivity index (χ4n) is 2.50. The number of hydrogen-bond donors (Lipinski definition) is 3. The fraction of sp³-hybridized carbons (Fsp3) is 0.211. The lowest BCUT2D eigenvalue weighted by Gasteiger charge is -2.09. The van der Waals surface area contributed by atoms with Crippen molar-refractivity contribution in [1.82, 2.24) is 19.9 Å². The number of nitrogens with one attached hydrogen (secondary N) is 3. The predicted molar refractivity (Wildman–Crippen MR) is 110 cm³/mol. The van der Waals surface area contributed by atoms with Crippen LogP contribution in [0.15, 0.2) is 54.7 Å². The highest BCUT2D eigenvalue weighted by Crippen LogP contribution is 2.13. The van der Waals surface area contributed by atoms with E-state index in [1.165, 1.54) is 18.2 Å². The lowest BCUT2D eigenvalue weighted by atomic mass is 10.2. The molecule has 0 saturated heterocycles. The van der Waals surface area contributed by atoms with Crippen molar-refractivity contribution in [2.45, 2.75) is 12.7 Å². The fourth-order valence-corrected chi connectivity index (χ4v) is 3.66. The van der Waals surface area contributed by atoms with E-state index in [1.54, 1.807) is 24.4 Å². The number of sulfonamides is 1. The van der Waals surface area contributed by atoms with Gasteiger partial charge in [0.05, 0.1) is 5.75 Å². The molecule has 0 radical (unpaired) electrons. The highest BCUT2D eigenvalue weighted by Gasteiger charge is 2.13. The normalized spacial score (nSPS) is 11.2. The Balaban J connectivity index is 1.45. The van der Waals surface area contributed by atoms with Crippen LogP contribution in [0.1, 0.15) is 11.1 Å². The number of aromatic nitrogens is 3. The first-order valence-corrected chi connectivity index (χ1v) is 10.5. The molecule has 0 saturated carbocycles. The molecule has 3 N–H and O–H groups in total. The van der Waals surface area contributed by atoms with E-state index in [2.05, 4.69) is 30.5 Å². The number of benzene rings is 1. The maximum absolute atomic E-state index is 13.6. The van der Waals surface area contributed by atoms with Gasteiger partial charge in [-0.3, -0.25) is 0 Å². The molecular weight excluding hydrogens is 395 g/mol. The highest BCUT2D eigenvalue weighted by atomic mass is 32.2. The Labute approximate surface area is 168 Å². The van der Waals surface area contributed by atoms with Crippen LogP contribution < -0.4 is 15.4 Å². The van der Waals surface area contributed by atoms with Gasteiger partial charge >= 0.3 is 0 Å². The Kier molecular flexibility index (Phi) is 6.68. The van der Waals surface area contributed by atoms with Gasteiger partial charge in [-0.25, -0.2) is 22.5 Å². The third-order valence-electron chi connectivity index (χ3n) is 3.89. The van der Waals surface area contributed by atoms with E-state index in [9.17, 15) is 12.8 Å². The first kappa shape index (κ1) is 20.6. The van der Waals surface area contributed by atoms with E-state index < -0.39 is 21.6 Å². The number of aryl methyl sites for hydroxylation is 1. The van der Waals surface area contributed by atoms with Gasteiger partial charge in [-0.2, -0.15) is 0 Å². The van der Waals surface area contributed by atoms with Crippen molar-refractivity contribution in [2.24, 2.45) is 0 Å². The Hall–Kier alpha value is -3.11. The SMILES string of the molecule is Cc1ccnc(Nc2ccc(NCCNS(=O)(=O)Cc3ccccc3F)nn2)c1. The lowest BCUT2D eigenvalue weighted by Crippen LogP contribution is -2.30. The molecule has 152 valence electrons. The van der Waals surface area contributed by atoms with Gasteiger partial charge < -0.3 is 10.6 Å². The summed E-state index contributed by atoms with van der Waals surface area (Å²) in [4.78, 5) is 4.19. The molecule has 3 aromatic rings. The Morgan fingerprint density at radius 1 is 0.966 bits per heavy atom. The number of pyridine rings is 1. The molecule has 0 unspecified atom stereocenters. The van der Waals surface area contributed by atoms with Gasteiger partial charge in [-0.05, 0) is 42.8 Å². The maximum atomic E-state index is 13.6. The summed E-state index contributed by atoms with van der Waals surface area (Å²) in [7, 11) is -3.64. The van der Waals surface area contributed by atoms with Gasteiger partial charge in [-0.15, -0.1) is 10.2 Å². The third kappa shape index (κ3) is 6.47. The van der Waals surface area contributed by atoms with E-state index in [1.807, 2.05) is 19.1 Å². The molecule has 0 aliphatic rings. The van der Waals surface area contributed by atoms with Crippen LogP contribution in [0.25, 0.3) is 0 Å². The quantitative estimate of drug-likeness (QED) is 0.460. The van der Waals surface area contributed by atoms with Crippen molar-refractivity contribution >= 4 is 27.5 Å². The molecule has 10 heteroatoms. The van der Waals surface area contributed by atoms with Crippen LogP contribution in [0.4, 0.5) is 21.8 Å². The summed E-state index contributed by atoms with van der Waals surface area (Å²) in [6.45, 7) is 2.40. The molecule has 3 rings (SSSR count). The van der Waals surface area contributed by atoms with Crippen molar-refractivity contribution < 1.29 is 12.8 Å². The molecule has 0 amide bonds. The minimum Gasteiger partial charge on any atom is -0.367 e. The Morgan fingerprint density at radius 2 is 1.72 bits per heavy atom. The van der Waals surface area contributed by atoms with E-state index >= 15 is 0 Å². The summed E-state index contributed by atoms with van der Waals surface area (Å²) in [5.41, 5.74) is 1.20. The van der Waals surface area contributed by atoms with E-state index in [0.717, 1.165) is 5.56 Å². The van der Waals surface area contributed by atoms with Gasteiger partial charge in [0.2, 0.25) is 10.0 Å². The van der Waals surface area contributed by atoms with E-state index in [-0.39, 0.29) is 12.1 Å². The molecule has 8 nitrogen and oxygen atoms in total.